The van der Waals surface area contributed by atoms with Crippen LogP contribution in [0.15, 0.2) is 30.3 Å². The van der Waals surface area contributed by atoms with Gasteiger partial charge in [-0.3, -0.25) is 0 Å². The Morgan fingerprint density at radius 3 is 2.52 bits per heavy atom. The minimum atomic E-state index is 0.662. The maximum Gasteiger partial charge on any atom is 0.170 e. The SMILES string of the molecule is CCN(CC)CCNC(=S)Nc1ccc2nc(N3CCN(CC)CC3)ccc2c1. The van der Waals surface area contributed by atoms with Crippen LogP contribution in [0.25, 0.3) is 10.9 Å². The monoisotopic (exact) mass is 414 g/mol. The molecule has 29 heavy (non-hydrogen) atoms. The number of nitrogens with one attached hydrogen (secondary N) is 2. The van der Waals surface area contributed by atoms with Gasteiger partial charge in [-0.2, -0.15) is 0 Å². The maximum atomic E-state index is 5.44. The lowest BCUT2D eigenvalue weighted by Gasteiger charge is -2.34. The summed E-state index contributed by atoms with van der Waals surface area (Å²) in [6, 6.07) is 10.5. The second-order valence-corrected chi connectivity index (χ2v) is 7.81. The summed E-state index contributed by atoms with van der Waals surface area (Å²) in [7, 11) is 0. The number of thiocarbonyl (C=S) groups is 1. The number of anilines is 2. The molecule has 0 saturated carbocycles. The van der Waals surface area contributed by atoms with Gasteiger partial charge in [0.05, 0.1) is 5.52 Å². The highest BCUT2D eigenvalue weighted by Gasteiger charge is 2.16. The number of fused-ring (bicyclic) bond motifs is 1. The van der Waals surface area contributed by atoms with Crippen molar-refractivity contribution in [3.8, 4) is 0 Å². The Morgan fingerprint density at radius 1 is 1.07 bits per heavy atom. The summed E-state index contributed by atoms with van der Waals surface area (Å²) in [4.78, 5) is 12.1. The molecule has 6 nitrogen and oxygen atoms in total. The van der Waals surface area contributed by atoms with E-state index in [1.807, 2.05) is 6.07 Å². The average molecular weight is 415 g/mol. The zero-order valence-corrected chi connectivity index (χ0v) is 18.8. The Bertz CT molecular complexity index is 799. The minimum Gasteiger partial charge on any atom is -0.361 e. The molecule has 2 heterocycles. The van der Waals surface area contributed by atoms with Gasteiger partial charge in [-0.15, -0.1) is 0 Å². The summed E-state index contributed by atoms with van der Waals surface area (Å²) < 4.78 is 0. The third-order valence-electron chi connectivity index (χ3n) is 5.68. The lowest BCUT2D eigenvalue weighted by molar-refractivity contribution is 0.270. The Labute approximate surface area is 180 Å². The normalized spacial score (nSPS) is 15.1. The zero-order valence-electron chi connectivity index (χ0n) is 17.9. The molecule has 158 valence electrons. The molecule has 0 aliphatic carbocycles. The van der Waals surface area contributed by atoms with Gasteiger partial charge in [0.1, 0.15) is 5.82 Å². The predicted molar refractivity (Wildman–Crippen MR) is 128 cm³/mol. The Hall–Kier alpha value is -1.96. The van der Waals surface area contributed by atoms with Crippen LogP contribution in [0.4, 0.5) is 11.5 Å². The smallest absolute Gasteiger partial charge is 0.170 e. The highest BCUT2D eigenvalue weighted by Crippen LogP contribution is 2.22. The number of rotatable bonds is 8. The van der Waals surface area contributed by atoms with Crippen LogP contribution >= 0.6 is 12.2 Å². The van der Waals surface area contributed by atoms with E-state index in [2.05, 4.69) is 70.4 Å². The van der Waals surface area contributed by atoms with Crippen LogP contribution in [-0.4, -0.2) is 78.8 Å². The molecule has 0 radical (unpaired) electrons. The molecule has 1 fully saturated rings. The van der Waals surface area contributed by atoms with Crippen molar-refractivity contribution in [2.75, 3.05) is 69.1 Å². The van der Waals surface area contributed by atoms with Crippen LogP contribution in [0.2, 0.25) is 0 Å². The van der Waals surface area contributed by atoms with Gasteiger partial charge in [0.25, 0.3) is 0 Å². The van der Waals surface area contributed by atoms with Gasteiger partial charge in [0.15, 0.2) is 5.11 Å². The first kappa shape index (κ1) is 21.7. The van der Waals surface area contributed by atoms with Gasteiger partial charge < -0.3 is 25.3 Å². The molecule has 0 spiro atoms. The van der Waals surface area contributed by atoms with Crippen LogP contribution in [0, 0.1) is 0 Å². The summed E-state index contributed by atoms with van der Waals surface area (Å²) in [5, 5.41) is 8.37. The Kier molecular flexibility index (Phi) is 8.03. The molecule has 7 heteroatoms. The number of benzene rings is 1. The van der Waals surface area contributed by atoms with E-state index in [0.29, 0.717) is 5.11 Å². The molecule has 0 bridgehead atoms. The number of likely N-dealkylation sites (N-methyl/N-ethyl adjacent to an activating group) is 2. The fourth-order valence-corrected chi connectivity index (χ4v) is 3.92. The summed E-state index contributed by atoms with van der Waals surface area (Å²) in [6.45, 7) is 16.0. The first-order chi connectivity index (χ1) is 14.1. The number of hydrogen-bond acceptors (Lipinski definition) is 5. The third kappa shape index (κ3) is 6.01. The molecule has 1 saturated heterocycles. The van der Waals surface area contributed by atoms with Crippen molar-refractivity contribution in [1.29, 1.82) is 0 Å². The lowest BCUT2D eigenvalue weighted by atomic mass is 10.2. The number of pyridine rings is 1. The van der Waals surface area contributed by atoms with Crippen LogP contribution in [0.1, 0.15) is 20.8 Å². The highest BCUT2D eigenvalue weighted by atomic mass is 32.1. The van der Waals surface area contributed by atoms with Crippen molar-refractivity contribution in [2.45, 2.75) is 20.8 Å². The van der Waals surface area contributed by atoms with Gasteiger partial charge in [-0.05, 0) is 62.2 Å². The molecule has 0 amide bonds. The molecule has 1 aliphatic heterocycles. The second-order valence-electron chi connectivity index (χ2n) is 7.41. The molecule has 1 aromatic heterocycles. The summed E-state index contributed by atoms with van der Waals surface area (Å²) in [5.41, 5.74) is 2.01. The molecular formula is C22H34N6S. The Morgan fingerprint density at radius 2 is 1.83 bits per heavy atom. The molecule has 1 aromatic carbocycles. The first-order valence-corrected chi connectivity index (χ1v) is 11.2. The van der Waals surface area contributed by atoms with Crippen LogP contribution in [0.5, 0.6) is 0 Å². The highest BCUT2D eigenvalue weighted by molar-refractivity contribution is 7.80. The van der Waals surface area contributed by atoms with Gasteiger partial charge in [-0.1, -0.05) is 20.8 Å². The van der Waals surface area contributed by atoms with E-state index in [1.54, 1.807) is 0 Å². The van der Waals surface area contributed by atoms with E-state index < -0.39 is 0 Å². The fraction of sp³-hybridized carbons (Fsp3) is 0.545. The predicted octanol–water partition coefficient (Wildman–Crippen LogP) is 3.00. The quantitative estimate of drug-likeness (QED) is 0.644. The van der Waals surface area contributed by atoms with Crippen molar-refractivity contribution in [3.05, 3.63) is 30.3 Å². The average Bonchev–Trinajstić information content (AvgIpc) is 2.76. The molecule has 2 N–H and O–H groups in total. The van der Waals surface area contributed by atoms with Crippen molar-refractivity contribution < 1.29 is 0 Å². The van der Waals surface area contributed by atoms with Crippen molar-refractivity contribution in [2.24, 2.45) is 0 Å². The van der Waals surface area contributed by atoms with Crippen LogP contribution in [0.3, 0.4) is 0 Å². The number of nitrogens with zero attached hydrogens (tertiary/aromatic N) is 4. The number of aromatic nitrogens is 1. The summed E-state index contributed by atoms with van der Waals surface area (Å²) in [5.74, 6) is 1.07. The second kappa shape index (κ2) is 10.7. The summed E-state index contributed by atoms with van der Waals surface area (Å²) >= 11 is 5.44. The largest absolute Gasteiger partial charge is 0.361 e. The van der Waals surface area contributed by atoms with E-state index in [1.165, 1.54) is 0 Å². The fourth-order valence-electron chi connectivity index (χ4n) is 3.70. The van der Waals surface area contributed by atoms with E-state index in [9.17, 15) is 0 Å². The van der Waals surface area contributed by atoms with Crippen LogP contribution < -0.4 is 15.5 Å². The van der Waals surface area contributed by atoms with Gasteiger partial charge in [-0.25, -0.2) is 4.98 Å². The standard InChI is InChI=1S/C22H34N6S/c1-4-26(5-2)12-11-23-22(29)24-19-8-9-20-18(17-19)7-10-21(25-20)28-15-13-27(6-3)14-16-28/h7-10,17H,4-6,11-16H2,1-3H3,(H2,23,24,29). The van der Waals surface area contributed by atoms with Crippen molar-refractivity contribution in [3.63, 3.8) is 0 Å². The maximum absolute atomic E-state index is 5.44. The molecule has 0 atom stereocenters. The minimum absolute atomic E-state index is 0.662. The van der Waals surface area contributed by atoms with E-state index in [0.717, 1.165) is 81.3 Å². The third-order valence-corrected chi connectivity index (χ3v) is 5.93. The van der Waals surface area contributed by atoms with E-state index in [4.69, 9.17) is 17.2 Å². The summed E-state index contributed by atoms with van der Waals surface area (Å²) in [6.07, 6.45) is 0. The molecule has 2 aromatic rings. The number of piperazine rings is 1. The van der Waals surface area contributed by atoms with E-state index in [-0.39, 0.29) is 0 Å². The zero-order chi connectivity index (χ0) is 20.6. The van der Waals surface area contributed by atoms with Gasteiger partial charge >= 0.3 is 0 Å². The van der Waals surface area contributed by atoms with Crippen molar-refractivity contribution >= 4 is 39.7 Å². The Balaban J connectivity index is 1.57. The molecule has 3 rings (SSSR count). The van der Waals surface area contributed by atoms with Gasteiger partial charge in [0, 0.05) is 50.3 Å². The molecule has 0 unspecified atom stereocenters. The van der Waals surface area contributed by atoms with E-state index >= 15 is 0 Å². The number of hydrogen-bond donors (Lipinski definition) is 2. The van der Waals surface area contributed by atoms with Crippen molar-refractivity contribution in [1.82, 2.24) is 20.1 Å². The topological polar surface area (TPSA) is 46.7 Å². The molecule has 1 aliphatic rings. The van der Waals surface area contributed by atoms with Gasteiger partial charge in [0.2, 0.25) is 0 Å². The first-order valence-electron chi connectivity index (χ1n) is 10.8. The molecular weight excluding hydrogens is 380 g/mol. The van der Waals surface area contributed by atoms with Crippen LogP contribution in [-0.2, 0) is 0 Å². The lowest BCUT2D eigenvalue weighted by Crippen LogP contribution is -2.46.